The van der Waals surface area contributed by atoms with Crippen LogP contribution in [0.15, 0.2) is 170 Å². The summed E-state index contributed by atoms with van der Waals surface area (Å²) in [6, 6.07) is 56.3. The molecule has 9 rings (SSSR count). The fourth-order valence-electron chi connectivity index (χ4n) is 6.94. The molecule has 0 atom stereocenters. The summed E-state index contributed by atoms with van der Waals surface area (Å²) in [7, 11) is 0. The fourth-order valence-corrected chi connectivity index (χ4v) is 6.94. The van der Waals surface area contributed by atoms with Crippen LogP contribution in [0, 0.1) is 13.8 Å². The van der Waals surface area contributed by atoms with E-state index in [1.165, 1.54) is 0 Å². The van der Waals surface area contributed by atoms with Gasteiger partial charge in [0, 0.05) is 45.4 Å². The van der Waals surface area contributed by atoms with Crippen molar-refractivity contribution < 1.29 is 0 Å². The van der Waals surface area contributed by atoms with Crippen molar-refractivity contribution in [1.29, 1.82) is 0 Å². The van der Waals surface area contributed by atoms with Crippen LogP contribution >= 0.6 is 0 Å². The number of fused-ring (bicyclic) bond motifs is 1. The number of nitrogens with zero attached hydrogens (tertiary/aromatic N) is 6. The number of imidazole rings is 1. The highest BCUT2D eigenvalue weighted by atomic mass is 15.0. The van der Waals surface area contributed by atoms with Crippen LogP contribution in [0.5, 0.6) is 0 Å². The minimum atomic E-state index is 0.603. The Morgan fingerprint density at radius 2 is 0.792 bits per heavy atom. The molecule has 0 spiro atoms. The predicted molar refractivity (Wildman–Crippen MR) is 214 cm³/mol. The van der Waals surface area contributed by atoms with E-state index in [9.17, 15) is 0 Å². The van der Waals surface area contributed by atoms with Gasteiger partial charge in [-0.15, -0.1) is 0 Å². The third-order valence-corrected chi connectivity index (χ3v) is 9.35. The van der Waals surface area contributed by atoms with Gasteiger partial charge in [-0.05, 0) is 84.6 Å². The van der Waals surface area contributed by atoms with Crippen LogP contribution in [0.1, 0.15) is 11.4 Å². The van der Waals surface area contributed by atoms with Crippen LogP contribution in [-0.2, 0) is 0 Å². The lowest BCUT2D eigenvalue weighted by atomic mass is 9.94. The van der Waals surface area contributed by atoms with Crippen molar-refractivity contribution in [3.63, 3.8) is 0 Å². The molecule has 0 aliphatic rings. The van der Waals surface area contributed by atoms with Crippen molar-refractivity contribution in [2.24, 2.45) is 0 Å². The Morgan fingerprint density at radius 1 is 0.340 bits per heavy atom. The fraction of sp³-hybridized carbons (Fsp3) is 0.0426. The summed E-state index contributed by atoms with van der Waals surface area (Å²) in [6.45, 7) is 4.07. The van der Waals surface area contributed by atoms with Gasteiger partial charge >= 0.3 is 0 Å². The molecular weight excluding hydrogens is 649 g/mol. The van der Waals surface area contributed by atoms with Gasteiger partial charge in [0.25, 0.3) is 0 Å². The zero-order valence-corrected chi connectivity index (χ0v) is 29.3. The molecule has 0 amide bonds. The van der Waals surface area contributed by atoms with Gasteiger partial charge in [0.15, 0.2) is 17.5 Å². The van der Waals surface area contributed by atoms with E-state index in [0.29, 0.717) is 17.5 Å². The number of rotatable bonds is 7. The van der Waals surface area contributed by atoms with Gasteiger partial charge in [-0.2, -0.15) is 0 Å². The van der Waals surface area contributed by atoms with Crippen molar-refractivity contribution in [1.82, 2.24) is 29.3 Å². The molecule has 4 heterocycles. The maximum atomic E-state index is 5.15. The number of hydrogen-bond donors (Lipinski definition) is 0. The van der Waals surface area contributed by atoms with Crippen LogP contribution in [0.2, 0.25) is 0 Å². The molecule has 0 radical (unpaired) electrons. The first-order valence-electron chi connectivity index (χ1n) is 17.7. The van der Waals surface area contributed by atoms with E-state index in [0.717, 1.165) is 78.5 Å². The second-order valence-corrected chi connectivity index (χ2v) is 13.2. The Morgan fingerprint density at radius 3 is 1.42 bits per heavy atom. The monoisotopic (exact) mass is 682 g/mol. The van der Waals surface area contributed by atoms with Gasteiger partial charge in [0.05, 0.1) is 11.4 Å². The van der Waals surface area contributed by atoms with Crippen LogP contribution in [-0.4, -0.2) is 29.3 Å². The minimum Gasteiger partial charge on any atom is -0.299 e. The molecule has 252 valence electrons. The maximum Gasteiger partial charge on any atom is 0.164 e. The quantitative estimate of drug-likeness (QED) is 0.167. The highest BCUT2D eigenvalue weighted by Gasteiger charge is 2.18. The Hall–Kier alpha value is -7.05. The summed E-state index contributed by atoms with van der Waals surface area (Å²) in [4.78, 5) is 24.9. The Kier molecular flexibility index (Phi) is 8.18. The SMILES string of the molecule is Cc1cc(-c2cc(-c3cccc(-c4nc5ccccn5c4-c4ccccc4)c3)cc(-c3nc(-c4ccccc4)nc(-c4ccccc4)n3)c2)cc(C)n1. The van der Waals surface area contributed by atoms with Crippen LogP contribution < -0.4 is 0 Å². The van der Waals surface area contributed by atoms with Crippen molar-refractivity contribution in [3.8, 4) is 78.9 Å². The van der Waals surface area contributed by atoms with E-state index in [2.05, 4.69) is 101 Å². The number of aryl methyl sites for hydroxylation is 2. The van der Waals surface area contributed by atoms with Gasteiger partial charge in [0.2, 0.25) is 0 Å². The largest absolute Gasteiger partial charge is 0.299 e. The second-order valence-electron chi connectivity index (χ2n) is 13.2. The molecular formula is C47H34N6. The van der Waals surface area contributed by atoms with Crippen molar-refractivity contribution in [2.75, 3.05) is 0 Å². The molecule has 0 aliphatic heterocycles. The molecule has 0 bridgehead atoms. The molecule has 0 aliphatic carbocycles. The summed E-state index contributed by atoms with van der Waals surface area (Å²) >= 11 is 0. The summed E-state index contributed by atoms with van der Waals surface area (Å²) in [5.41, 5.74) is 14.0. The number of benzene rings is 5. The molecule has 4 aromatic heterocycles. The van der Waals surface area contributed by atoms with E-state index in [1.807, 2.05) is 92.7 Å². The highest BCUT2D eigenvalue weighted by Crippen LogP contribution is 2.37. The zero-order valence-electron chi connectivity index (χ0n) is 29.3. The molecule has 0 unspecified atom stereocenters. The van der Waals surface area contributed by atoms with E-state index >= 15 is 0 Å². The van der Waals surface area contributed by atoms with Crippen molar-refractivity contribution >= 4 is 5.65 Å². The Bertz CT molecular complexity index is 2660. The molecule has 0 saturated heterocycles. The van der Waals surface area contributed by atoms with E-state index in [4.69, 9.17) is 19.9 Å². The van der Waals surface area contributed by atoms with Crippen LogP contribution in [0.3, 0.4) is 0 Å². The second kappa shape index (κ2) is 13.6. The predicted octanol–water partition coefficient (Wildman–Crippen LogP) is 11.2. The van der Waals surface area contributed by atoms with Gasteiger partial charge in [-0.3, -0.25) is 9.38 Å². The van der Waals surface area contributed by atoms with Gasteiger partial charge in [-0.1, -0.05) is 115 Å². The smallest absolute Gasteiger partial charge is 0.164 e. The van der Waals surface area contributed by atoms with E-state index in [1.54, 1.807) is 0 Å². The third-order valence-electron chi connectivity index (χ3n) is 9.35. The summed E-state index contributed by atoms with van der Waals surface area (Å²) in [6.07, 6.45) is 2.08. The lowest BCUT2D eigenvalue weighted by molar-refractivity contribution is 1.07. The molecule has 6 nitrogen and oxygen atoms in total. The Labute approximate surface area is 308 Å². The number of pyridine rings is 2. The number of aromatic nitrogens is 6. The van der Waals surface area contributed by atoms with Gasteiger partial charge in [0.1, 0.15) is 5.65 Å². The first-order chi connectivity index (χ1) is 26.1. The lowest BCUT2D eigenvalue weighted by Crippen LogP contribution is -2.00. The average molecular weight is 683 g/mol. The average Bonchev–Trinajstić information content (AvgIpc) is 3.61. The molecule has 0 saturated carbocycles. The first kappa shape index (κ1) is 31.9. The lowest BCUT2D eigenvalue weighted by Gasteiger charge is -2.14. The van der Waals surface area contributed by atoms with Crippen LogP contribution in [0.25, 0.3) is 84.6 Å². The molecule has 0 N–H and O–H groups in total. The van der Waals surface area contributed by atoms with Crippen LogP contribution in [0.4, 0.5) is 0 Å². The molecule has 5 aromatic carbocycles. The summed E-state index contributed by atoms with van der Waals surface area (Å²) in [5.74, 6) is 1.85. The molecule has 9 aromatic rings. The normalized spacial score (nSPS) is 11.2. The van der Waals surface area contributed by atoms with E-state index < -0.39 is 0 Å². The standard InChI is InChI=1S/C47H34N6/c1-31-25-38(26-32(2)48-31)40-28-39(29-41(30-40)47-51-45(34-17-8-4-9-18-34)50-46(52-47)35-19-10-5-11-20-35)36-21-14-22-37(27-36)43-44(33-15-6-3-7-16-33)53-24-13-12-23-42(53)49-43/h3-30H,1-2H3. The van der Waals surface area contributed by atoms with Crippen molar-refractivity contribution in [2.45, 2.75) is 13.8 Å². The van der Waals surface area contributed by atoms with E-state index in [-0.39, 0.29) is 0 Å². The third kappa shape index (κ3) is 6.39. The highest BCUT2D eigenvalue weighted by molar-refractivity contribution is 5.86. The molecule has 53 heavy (non-hydrogen) atoms. The van der Waals surface area contributed by atoms with Gasteiger partial charge in [-0.25, -0.2) is 19.9 Å². The zero-order chi connectivity index (χ0) is 35.7. The number of hydrogen-bond acceptors (Lipinski definition) is 5. The summed E-state index contributed by atoms with van der Waals surface area (Å²) in [5, 5.41) is 0. The first-order valence-corrected chi connectivity index (χ1v) is 17.7. The molecule has 0 fully saturated rings. The topological polar surface area (TPSA) is 68.9 Å². The van der Waals surface area contributed by atoms with Gasteiger partial charge < -0.3 is 0 Å². The minimum absolute atomic E-state index is 0.603. The van der Waals surface area contributed by atoms with Crippen molar-refractivity contribution in [3.05, 3.63) is 181 Å². The maximum absolute atomic E-state index is 5.15. The molecule has 6 heteroatoms. The Balaban J connectivity index is 1.25. The summed E-state index contributed by atoms with van der Waals surface area (Å²) < 4.78 is 2.17.